The number of fused-ring (bicyclic) bond motifs is 1. The van der Waals surface area contributed by atoms with Crippen LogP contribution in [0.5, 0.6) is 5.75 Å². The fraction of sp³-hybridized carbons (Fsp3) is 0.250. The van der Waals surface area contributed by atoms with Crippen molar-refractivity contribution in [3.63, 3.8) is 0 Å². The Morgan fingerprint density at radius 3 is 2.91 bits per heavy atom. The van der Waals surface area contributed by atoms with Crippen LogP contribution in [0, 0.1) is 0 Å². The Labute approximate surface area is 126 Å². The van der Waals surface area contributed by atoms with Crippen LogP contribution < -0.4 is 10.1 Å². The summed E-state index contributed by atoms with van der Waals surface area (Å²) in [7, 11) is 0. The van der Waals surface area contributed by atoms with Crippen molar-refractivity contribution in [2.45, 2.75) is 12.3 Å². The van der Waals surface area contributed by atoms with Gasteiger partial charge in [0.25, 0.3) is 5.91 Å². The van der Waals surface area contributed by atoms with Gasteiger partial charge in [-0.25, -0.2) is 4.79 Å². The van der Waals surface area contributed by atoms with Crippen LogP contribution in [-0.2, 0) is 0 Å². The van der Waals surface area contributed by atoms with Crippen LogP contribution in [-0.4, -0.2) is 30.1 Å². The van der Waals surface area contributed by atoms with Gasteiger partial charge < -0.3 is 19.6 Å². The molecule has 22 heavy (non-hydrogen) atoms. The number of hydrogen-bond acceptors (Lipinski definition) is 4. The Hall–Kier alpha value is -2.76. The zero-order valence-electron chi connectivity index (χ0n) is 11.7. The van der Waals surface area contributed by atoms with Crippen molar-refractivity contribution in [3.05, 3.63) is 53.5 Å². The number of furan rings is 1. The molecule has 1 aromatic carbocycles. The normalized spacial score (nSPS) is 16.5. The van der Waals surface area contributed by atoms with E-state index in [9.17, 15) is 9.59 Å². The molecule has 0 radical (unpaired) electrons. The molecule has 1 aliphatic rings. The second-order valence-corrected chi connectivity index (χ2v) is 5.09. The van der Waals surface area contributed by atoms with Crippen molar-refractivity contribution >= 4 is 11.9 Å². The number of benzene rings is 1. The molecule has 0 saturated carbocycles. The van der Waals surface area contributed by atoms with E-state index >= 15 is 0 Å². The minimum absolute atomic E-state index is 0.00209. The maximum absolute atomic E-state index is 12.0. The number of carbonyl (C=O) groups excluding carboxylic acids is 1. The molecular weight excluding hydrogens is 286 g/mol. The van der Waals surface area contributed by atoms with E-state index < -0.39 is 11.9 Å². The Bertz CT molecular complexity index is 706. The summed E-state index contributed by atoms with van der Waals surface area (Å²) in [5.41, 5.74) is 1.03. The molecule has 114 valence electrons. The number of aromatic carboxylic acids is 1. The number of amides is 1. The summed E-state index contributed by atoms with van der Waals surface area (Å²) in [4.78, 5) is 22.8. The van der Waals surface area contributed by atoms with Crippen molar-refractivity contribution in [1.82, 2.24) is 5.32 Å². The SMILES string of the molecule is O=C(O)c1coc(C(=O)NCC2CCOc3ccccc32)c1. The Kier molecular flexibility index (Phi) is 3.82. The third kappa shape index (κ3) is 2.81. The number of hydrogen-bond donors (Lipinski definition) is 2. The standard InChI is InChI=1S/C16H15NO5/c18-15(14-7-11(9-22-14)16(19)20)17-8-10-5-6-21-13-4-2-1-3-12(10)13/h1-4,7,9-10H,5-6,8H2,(H,17,18)(H,19,20). The van der Waals surface area contributed by atoms with E-state index in [-0.39, 0.29) is 17.2 Å². The molecule has 6 nitrogen and oxygen atoms in total. The van der Waals surface area contributed by atoms with Crippen LogP contribution in [0.1, 0.15) is 38.8 Å². The lowest BCUT2D eigenvalue weighted by Gasteiger charge is -2.25. The largest absolute Gasteiger partial charge is 0.493 e. The van der Waals surface area contributed by atoms with E-state index in [0.717, 1.165) is 24.0 Å². The fourth-order valence-electron chi connectivity index (χ4n) is 2.50. The summed E-state index contributed by atoms with van der Waals surface area (Å²) < 4.78 is 10.6. The summed E-state index contributed by atoms with van der Waals surface area (Å²) in [6.45, 7) is 1.06. The zero-order valence-corrected chi connectivity index (χ0v) is 11.7. The Morgan fingerprint density at radius 1 is 1.32 bits per heavy atom. The summed E-state index contributed by atoms with van der Waals surface area (Å²) in [6, 6.07) is 8.97. The van der Waals surface area contributed by atoms with E-state index in [1.807, 2.05) is 24.3 Å². The number of ether oxygens (including phenoxy) is 1. The van der Waals surface area contributed by atoms with Crippen molar-refractivity contribution in [1.29, 1.82) is 0 Å². The number of rotatable bonds is 4. The Morgan fingerprint density at radius 2 is 2.14 bits per heavy atom. The van der Waals surface area contributed by atoms with Gasteiger partial charge in [0.2, 0.25) is 0 Å². The topological polar surface area (TPSA) is 88.8 Å². The summed E-state index contributed by atoms with van der Waals surface area (Å²) in [6.07, 6.45) is 1.87. The molecule has 0 aliphatic carbocycles. The highest BCUT2D eigenvalue weighted by Crippen LogP contribution is 2.32. The second kappa shape index (κ2) is 5.93. The quantitative estimate of drug-likeness (QED) is 0.904. The lowest BCUT2D eigenvalue weighted by molar-refractivity contribution is 0.0696. The number of carboxylic acids is 1. The zero-order chi connectivity index (χ0) is 15.5. The van der Waals surface area contributed by atoms with E-state index in [1.165, 1.54) is 6.07 Å². The number of para-hydroxylation sites is 1. The smallest absolute Gasteiger partial charge is 0.338 e. The first kappa shape index (κ1) is 14.2. The van der Waals surface area contributed by atoms with Crippen molar-refractivity contribution < 1.29 is 23.8 Å². The van der Waals surface area contributed by atoms with Crippen LogP contribution in [0.3, 0.4) is 0 Å². The average molecular weight is 301 g/mol. The van der Waals surface area contributed by atoms with Gasteiger partial charge in [-0.2, -0.15) is 0 Å². The van der Waals surface area contributed by atoms with Gasteiger partial charge in [-0.3, -0.25) is 4.79 Å². The van der Waals surface area contributed by atoms with Crippen LogP contribution in [0.25, 0.3) is 0 Å². The number of nitrogens with one attached hydrogen (secondary N) is 1. The molecule has 0 fully saturated rings. The van der Waals surface area contributed by atoms with Crippen LogP contribution in [0.4, 0.5) is 0 Å². The average Bonchev–Trinajstić information content (AvgIpc) is 3.03. The molecule has 6 heteroatoms. The monoisotopic (exact) mass is 301 g/mol. The van der Waals surface area contributed by atoms with E-state index in [2.05, 4.69) is 5.32 Å². The highest BCUT2D eigenvalue weighted by Gasteiger charge is 2.22. The van der Waals surface area contributed by atoms with Crippen LogP contribution in [0.2, 0.25) is 0 Å². The van der Waals surface area contributed by atoms with Crippen LogP contribution >= 0.6 is 0 Å². The molecule has 1 aromatic heterocycles. The molecule has 0 saturated heterocycles. The number of carbonyl (C=O) groups is 2. The maximum atomic E-state index is 12.0. The summed E-state index contributed by atoms with van der Waals surface area (Å²) >= 11 is 0. The molecule has 0 bridgehead atoms. The summed E-state index contributed by atoms with van der Waals surface area (Å²) in [5.74, 6) is -0.530. The minimum atomic E-state index is -1.12. The van der Waals surface area contributed by atoms with Gasteiger partial charge in [0.05, 0.1) is 12.2 Å². The maximum Gasteiger partial charge on any atom is 0.338 e. The first-order valence-electron chi connectivity index (χ1n) is 6.97. The first-order chi connectivity index (χ1) is 10.6. The van der Waals surface area contributed by atoms with Gasteiger partial charge in [-0.05, 0) is 18.1 Å². The predicted octanol–water partition coefficient (Wildman–Crippen LogP) is 2.27. The molecule has 1 aliphatic heterocycles. The molecule has 2 heterocycles. The molecule has 2 aromatic rings. The van der Waals surface area contributed by atoms with E-state index in [1.54, 1.807) is 0 Å². The van der Waals surface area contributed by atoms with Gasteiger partial charge in [0.1, 0.15) is 12.0 Å². The minimum Gasteiger partial charge on any atom is -0.493 e. The third-order valence-corrected chi connectivity index (χ3v) is 3.66. The van der Waals surface area contributed by atoms with Gasteiger partial charge in [0.15, 0.2) is 5.76 Å². The molecule has 1 atom stereocenters. The molecule has 3 rings (SSSR count). The van der Waals surface area contributed by atoms with Crippen molar-refractivity contribution in [2.75, 3.05) is 13.2 Å². The fourth-order valence-corrected chi connectivity index (χ4v) is 2.50. The molecule has 1 amide bonds. The third-order valence-electron chi connectivity index (χ3n) is 3.66. The lowest BCUT2D eigenvalue weighted by Crippen LogP contribution is -2.30. The lowest BCUT2D eigenvalue weighted by atomic mass is 9.93. The van der Waals surface area contributed by atoms with E-state index in [4.69, 9.17) is 14.3 Å². The highest BCUT2D eigenvalue weighted by atomic mass is 16.5. The van der Waals surface area contributed by atoms with Gasteiger partial charge in [-0.15, -0.1) is 0 Å². The van der Waals surface area contributed by atoms with Gasteiger partial charge in [-0.1, -0.05) is 18.2 Å². The number of carboxylic acid groups (broad SMARTS) is 1. The Balaban J connectivity index is 1.65. The molecule has 2 N–H and O–H groups in total. The molecule has 1 unspecified atom stereocenters. The van der Waals surface area contributed by atoms with Crippen LogP contribution in [0.15, 0.2) is 41.0 Å². The second-order valence-electron chi connectivity index (χ2n) is 5.09. The summed E-state index contributed by atoms with van der Waals surface area (Å²) in [5, 5.41) is 11.6. The molecular formula is C16H15NO5. The van der Waals surface area contributed by atoms with Gasteiger partial charge in [0, 0.05) is 18.5 Å². The molecule has 0 spiro atoms. The van der Waals surface area contributed by atoms with Gasteiger partial charge >= 0.3 is 5.97 Å². The first-order valence-corrected chi connectivity index (χ1v) is 6.97. The van der Waals surface area contributed by atoms with Crippen molar-refractivity contribution in [3.8, 4) is 5.75 Å². The van der Waals surface area contributed by atoms with Crippen molar-refractivity contribution in [2.24, 2.45) is 0 Å². The predicted molar refractivity (Wildman–Crippen MR) is 77.3 cm³/mol. The van der Waals surface area contributed by atoms with E-state index in [0.29, 0.717) is 13.2 Å². The highest BCUT2D eigenvalue weighted by molar-refractivity contribution is 5.95.